The molecular formula is C25H50O. The van der Waals surface area contributed by atoms with Gasteiger partial charge >= 0.3 is 0 Å². The van der Waals surface area contributed by atoms with E-state index in [4.69, 9.17) is 5.11 Å². The first-order valence-corrected chi connectivity index (χ1v) is 12.2. The Bertz CT molecular complexity index is 259. The van der Waals surface area contributed by atoms with Gasteiger partial charge in [-0.3, -0.25) is 0 Å². The van der Waals surface area contributed by atoms with Gasteiger partial charge in [0, 0.05) is 0 Å². The first-order chi connectivity index (χ1) is 12.9. The van der Waals surface area contributed by atoms with E-state index >= 15 is 0 Å². The summed E-state index contributed by atoms with van der Waals surface area (Å²) >= 11 is 0. The minimum atomic E-state index is 0.194. The summed E-state index contributed by atoms with van der Waals surface area (Å²) in [5.41, 5.74) is 0. The number of rotatable bonds is 22. The molecule has 0 saturated carbocycles. The fourth-order valence-electron chi connectivity index (χ4n) is 3.71. The first-order valence-electron chi connectivity index (χ1n) is 12.2. The highest BCUT2D eigenvalue weighted by Gasteiger charge is 1.95. The first kappa shape index (κ1) is 25.7. The van der Waals surface area contributed by atoms with Gasteiger partial charge in [0.1, 0.15) is 0 Å². The molecule has 0 amide bonds. The maximum atomic E-state index is 8.64. The fraction of sp³-hybridized carbons (Fsp3) is 0.920. The summed E-state index contributed by atoms with van der Waals surface area (Å²) in [5.74, 6) is 0. The summed E-state index contributed by atoms with van der Waals surface area (Å²) in [4.78, 5) is 0. The lowest BCUT2D eigenvalue weighted by molar-refractivity contribution is 0.342. The Hall–Kier alpha value is -0.300. The summed E-state index contributed by atoms with van der Waals surface area (Å²) in [7, 11) is 0. The van der Waals surface area contributed by atoms with Crippen molar-refractivity contribution in [3.8, 4) is 0 Å². The topological polar surface area (TPSA) is 20.2 Å². The van der Waals surface area contributed by atoms with Gasteiger partial charge in [-0.25, -0.2) is 0 Å². The second-order valence-electron chi connectivity index (χ2n) is 8.16. The molecule has 0 atom stereocenters. The zero-order valence-electron chi connectivity index (χ0n) is 18.2. The van der Waals surface area contributed by atoms with E-state index in [1.54, 1.807) is 0 Å². The molecule has 156 valence electrons. The summed E-state index contributed by atoms with van der Waals surface area (Å²) < 4.78 is 0. The Morgan fingerprint density at radius 2 is 0.731 bits per heavy atom. The largest absolute Gasteiger partial charge is 0.392 e. The van der Waals surface area contributed by atoms with E-state index < -0.39 is 0 Å². The van der Waals surface area contributed by atoms with Crippen LogP contribution in [-0.4, -0.2) is 11.7 Å². The van der Waals surface area contributed by atoms with Gasteiger partial charge in [0.15, 0.2) is 0 Å². The zero-order chi connectivity index (χ0) is 19.0. The molecule has 0 unspecified atom stereocenters. The number of hydrogen-bond acceptors (Lipinski definition) is 1. The second-order valence-corrected chi connectivity index (χ2v) is 8.16. The fourth-order valence-corrected chi connectivity index (χ4v) is 3.71. The Morgan fingerprint density at radius 3 is 1.04 bits per heavy atom. The van der Waals surface area contributed by atoms with E-state index in [9.17, 15) is 0 Å². The molecule has 0 spiro atoms. The third-order valence-corrected chi connectivity index (χ3v) is 5.50. The van der Waals surface area contributed by atoms with Crippen LogP contribution in [0.4, 0.5) is 0 Å². The molecule has 1 N–H and O–H groups in total. The van der Waals surface area contributed by atoms with Crippen molar-refractivity contribution in [2.75, 3.05) is 6.61 Å². The van der Waals surface area contributed by atoms with E-state index in [-0.39, 0.29) is 6.61 Å². The molecule has 0 aromatic rings. The lowest BCUT2D eigenvalue weighted by atomic mass is 10.0. The van der Waals surface area contributed by atoms with Gasteiger partial charge in [-0.1, -0.05) is 141 Å². The Balaban J connectivity index is 2.98. The van der Waals surface area contributed by atoms with Crippen molar-refractivity contribution in [3.05, 3.63) is 12.2 Å². The number of allylic oxidation sites excluding steroid dienone is 1. The minimum Gasteiger partial charge on any atom is -0.392 e. The Labute approximate surface area is 166 Å². The van der Waals surface area contributed by atoms with E-state index in [0.717, 1.165) is 6.42 Å². The Morgan fingerprint density at radius 1 is 0.423 bits per heavy atom. The molecule has 0 rings (SSSR count). The van der Waals surface area contributed by atoms with Gasteiger partial charge < -0.3 is 5.11 Å². The molecule has 0 aliphatic rings. The van der Waals surface area contributed by atoms with Crippen LogP contribution < -0.4 is 0 Å². The molecular weight excluding hydrogens is 316 g/mol. The molecule has 1 nitrogen and oxygen atoms in total. The lowest BCUT2D eigenvalue weighted by Crippen LogP contribution is -1.84. The van der Waals surface area contributed by atoms with Crippen LogP contribution in [0, 0.1) is 0 Å². The van der Waals surface area contributed by atoms with Crippen molar-refractivity contribution in [1.29, 1.82) is 0 Å². The maximum Gasteiger partial charge on any atom is 0.0612 e. The number of unbranched alkanes of at least 4 members (excludes halogenated alkanes) is 20. The molecule has 0 radical (unpaired) electrons. The second kappa shape index (κ2) is 24.7. The number of aliphatic hydroxyl groups excluding tert-OH is 1. The summed E-state index contributed by atoms with van der Waals surface area (Å²) in [6.07, 6.45) is 33.9. The standard InChI is InChI=1S/C25H50O/c1-2-3-4-5-6-7-8-9-10-11-12-13-14-15-16-17-18-19-20-21-22-23-24-25-26/h23-24,26H,2-22,25H2,1H3. The van der Waals surface area contributed by atoms with Gasteiger partial charge in [-0.2, -0.15) is 0 Å². The predicted octanol–water partition coefficient (Wildman–Crippen LogP) is 8.75. The number of hydrogen-bond donors (Lipinski definition) is 1. The molecule has 26 heavy (non-hydrogen) atoms. The highest BCUT2D eigenvalue weighted by molar-refractivity contribution is 4.80. The molecule has 0 heterocycles. The van der Waals surface area contributed by atoms with Crippen LogP contribution >= 0.6 is 0 Å². The van der Waals surface area contributed by atoms with Gasteiger partial charge in [-0.05, 0) is 12.8 Å². The minimum absolute atomic E-state index is 0.194. The van der Waals surface area contributed by atoms with Crippen molar-refractivity contribution in [3.63, 3.8) is 0 Å². The SMILES string of the molecule is CCCCCCCCCCCCCCCCCCCCCCC=CCO. The third kappa shape index (κ3) is 23.7. The molecule has 0 aliphatic carbocycles. The van der Waals surface area contributed by atoms with Crippen LogP contribution in [0.1, 0.15) is 142 Å². The maximum absolute atomic E-state index is 8.64. The molecule has 0 aromatic carbocycles. The van der Waals surface area contributed by atoms with Crippen molar-refractivity contribution >= 4 is 0 Å². The molecule has 1 heteroatoms. The molecule has 0 aliphatic heterocycles. The highest BCUT2D eigenvalue weighted by atomic mass is 16.2. The normalized spacial score (nSPS) is 11.6. The highest BCUT2D eigenvalue weighted by Crippen LogP contribution is 2.15. The average molecular weight is 367 g/mol. The Kier molecular flexibility index (Phi) is 24.4. The van der Waals surface area contributed by atoms with E-state index in [0.29, 0.717) is 0 Å². The van der Waals surface area contributed by atoms with Crippen LogP contribution in [-0.2, 0) is 0 Å². The smallest absolute Gasteiger partial charge is 0.0612 e. The number of aliphatic hydroxyl groups is 1. The van der Waals surface area contributed by atoms with Crippen molar-refractivity contribution in [2.24, 2.45) is 0 Å². The van der Waals surface area contributed by atoms with E-state index in [1.807, 2.05) is 6.08 Å². The van der Waals surface area contributed by atoms with Crippen LogP contribution in [0.25, 0.3) is 0 Å². The lowest BCUT2D eigenvalue weighted by Gasteiger charge is -2.04. The predicted molar refractivity (Wildman–Crippen MR) is 119 cm³/mol. The van der Waals surface area contributed by atoms with Crippen molar-refractivity contribution in [2.45, 2.75) is 142 Å². The van der Waals surface area contributed by atoms with Crippen molar-refractivity contribution in [1.82, 2.24) is 0 Å². The van der Waals surface area contributed by atoms with E-state index in [2.05, 4.69) is 13.0 Å². The third-order valence-electron chi connectivity index (χ3n) is 5.50. The van der Waals surface area contributed by atoms with E-state index in [1.165, 1.54) is 128 Å². The van der Waals surface area contributed by atoms with Gasteiger partial charge in [0.25, 0.3) is 0 Å². The molecule has 0 aromatic heterocycles. The van der Waals surface area contributed by atoms with Gasteiger partial charge in [0.2, 0.25) is 0 Å². The summed E-state index contributed by atoms with van der Waals surface area (Å²) in [6.45, 7) is 2.49. The average Bonchev–Trinajstić information content (AvgIpc) is 2.66. The van der Waals surface area contributed by atoms with Gasteiger partial charge in [0.05, 0.1) is 6.61 Å². The monoisotopic (exact) mass is 366 g/mol. The quantitative estimate of drug-likeness (QED) is 0.150. The van der Waals surface area contributed by atoms with Crippen LogP contribution in [0.2, 0.25) is 0 Å². The zero-order valence-corrected chi connectivity index (χ0v) is 18.2. The van der Waals surface area contributed by atoms with Crippen LogP contribution in [0.3, 0.4) is 0 Å². The van der Waals surface area contributed by atoms with Crippen molar-refractivity contribution < 1.29 is 5.11 Å². The molecule has 0 saturated heterocycles. The molecule has 0 bridgehead atoms. The van der Waals surface area contributed by atoms with Crippen LogP contribution in [0.15, 0.2) is 12.2 Å². The molecule has 0 fully saturated rings. The summed E-state index contributed by atoms with van der Waals surface area (Å²) in [6, 6.07) is 0. The van der Waals surface area contributed by atoms with Gasteiger partial charge in [-0.15, -0.1) is 0 Å². The van der Waals surface area contributed by atoms with Crippen LogP contribution in [0.5, 0.6) is 0 Å². The summed E-state index contributed by atoms with van der Waals surface area (Å²) in [5, 5.41) is 8.64.